The van der Waals surface area contributed by atoms with Crippen molar-refractivity contribution in [1.29, 1.82) is 0 Å². The number of aryl methyl sites for hydroxylation is 1. The first-order valence-electron chi connectivity index (χ1n) is 5.86. The van der Waals surface area contributed by atoms with Crippen LogP contribution in [0, 0.1) is 6.92 Å². The predicted octanol–water partition coefficient (Wildman–Crippen LogP) is 2.36. The lowest BCUT2D eigenvalue weighted by Crippen LogP contribution is -2.20. The fourth-order valence-electron chi connectivity index (χ4n) is 1.85. The van der Waals surface area contributed by atoms with Crippen LogP contribution >= 0.6 is 11.6 Å². The summed E-state index contributed by atoms with van der Waals surface area (Å²) in [6.45, 7) is 2.78. The van der Waals surface area contributed by atoms with Crippen LogP contribution in [0.1, 0.15) is 11.1 Å². The van der Waals surface area contributed by atoms with Crippen LogP contribution in [0.25, 0.3) is 0 Å². The smallest absolute Gasteiger partial charge is 0.239 e. The van der Waals surface area contributed by atoms with Gasteiger partial charge >= 0.3 is 0 Å². The van der Waals surface area contributed by atoms with E-state index in [1.165, 1.54) is 17.3 Å². The fourth-order valence-corrected chi connectivity index (χ4v) is 2.09. The van der Waals surface area contributed by atoms with Gasteiger partial charge in [-0.05, 0) is 12.5 Å². The SMILES string of the molecule is Cc1cccc(CN(C)c2nc(NN)ncc2Cl)c1. The number of nitrogens with one attached hydrogen (secondary N) is 1. The molecule has 19 heavy (non-hydrogen) atoms. The molecule has 2 rings (SSSR count). The highest BCUT2D eigenvalue weighted by Crippen LogP contribution is 2.23. The monoisotopic (exact) mass is 277 g/mol. The number of nitrogens with zero attached hydrogens (tertiary/aromatic N) is 3. The van der Waals surface area contributed by atoms with Crippen LogP contribution < -0.4 is 16.2 Å². The Morgan fingerprint density at radius 1 is 1.42 bits per heavy atom. The number of nitrogens with two attached hydrogens (primary N) is 1. The summed E-state index contributed by atoms with van der Waals surface area (Å²) in [6.07, 6.45) is 1.53. The molecule has 2 aromatic rings. The molecule has 1 aromatic heterocycles. The van der Waals surface area contributed by atoms with Gasteiger partial charge in [-0.25, -0.2) is 10.8 Å². The van der Waals surface area contributed by atoms with Gasteiger partial charge in [0.15, 0.2) is 5.82 Å². The van der Waals surface area contributed by atoms with E-state index in [1.807, 2.05) is 18.0 Å². The van der Waals surface area contributed by atoms with Gasteiger partial charge in [0.05, 0.1) is 6.20 Å². The van der Waals surface area contributed by atoms with Crippen LogP contribution in [0.3, 0.4) is 0 Å². The van der Waals surface area contributed by atoms with Crippen LogP contribution in [0.2, 0.25) is 5.02 Å². The summed E-state index contributed by atoms with van der Waals surface area (Å²) >= 11 is 6.11. The van der Waals surface area contributed by atoms with E-state index in [0.717, 1.165) is 0 Å². The number of nitrogen functional groups attached to an aromatic ring is 1. The zero-order valence-corrected chi connectivity index (χ0v) is 11.6. The third-order valence-corrected chi connectivity index (χ3v) is 2.99. The number of hydrogen-bond donors (Lipinski definition) is 2. The van der Waals surface area contributed by atoms with E-state index in [0.29, 0.717) is 23.3 Å². The molecular formula is C13H16ClN5. The summed E-state index contributed by atoms with van der Waals surface area (Å²) in [4.78, 5) is 10.2. The molecule has 1 aromatic carbocycles. The number of anilines is 2. The number of hydrogen-bond acceptors (Lipinski definition) is 5. The molecule has 0 radical (unpaired) electrons. The highest BCUT2D eigenvalue weighted by Gasteiger charge is 2.10. The fraction of sp³-hybridized carbons (Fsp3) is 0.231. The van der Waals surface area contributed by atoms with E-state index in [-0.39, 0.29) is 0 Å². The van der Waals surface area contributed by atoms with Crippen LogP contribution in [-0.2, 0) is 6.54 Å². The molecule has 0 bridgehead atoms. The molecule has 6 heteroatoms. The Labute approximate surface area is 117 Å². The minimum absolute atomic E-state index is 0.343. The normalized spacial score (nSPS) is 10.3. The Morgan fingerprint density at radius 2 is 2.21 bits per heavy atom. The molecule has 0 saturated heterocycles. The lowest BCUT2D eigenvalue weighted by molar-refractivity contribution is 0.890. The zero-order valence-electron chi connectivity index (χ0n) is 10.9. The van der Waals surface area contributed by atoms with Crippen LogP contribution in [0.5, 0.6) is 0 Å². The second-order valence-electron chi connectivity index (χ2n) is 4.35. The van der Waals surface area contributed by atoms with Crippen molar-refractivity contribution in [2.45, 2.75) is 13.5 Å². The standard InChI is InChI=1S/C13H16ClN5/c1-9-4-3-5-10(6-9)8-19(2)12-11(14)7-16-13(17-12)18-15/h3-7H,8,15H2,1-2H3,(H,16,17,18). The lowest BCUT2D eigenvalue weighted by atomic mass is 10.1. The first-order valence-corrected chi connectivity index (χ1v) is 6.24. The van der Waals surface area contributed by atoms with Crippen LogP contribution in [-0.4, -0.2) is 17.0 Å². The molecule has 0 atom stereocenters. The molecule has 0 amide bonds. The summed E-state index contributed by atoms with van der Waals surface area (Å²) in [5.74, 6) is 6.29. The first kappa shape index (κ1) is 13.6. The number of hydrazine groups is 1. The van der Waals surface area contributed by atoms with E-state index < -0.39 is 0 Å². The molecule has 0 aliphatic heterocycles. The predicted molar refractivity (Wildman–Crippen MR) is 78.1 cm³/mol. The number of benzene rings is 1. The lowest BCUT2D eigenvalue weighted by Gasteiger charge is -2.20. The van der Waals surface area contributed by atoms with Gasteiger partial charge in [0.25, 0.3) is 0 Å². The molecule has 0 aliphatic carbocycles. The quantitative estimate of drug-likeness (QED) is 0.663. The summed E-state index contributed by atoms with van der Waals surface area (Å²) in [5.41, 5.74) is 4.83. The van der Waals surface area contributed by atoms with Crippen molar-refractivity contribution in [2.24, 2.45) is 5.84 Å². The van der Waals surface area contributed by atoms with Crippen molar-refractivity contribution < 1.29 is 0 Å². The van der Waals surface area contributed by atoms with Crippen LogP contribution in [0.15, 0.2) is 30.5 Å². The van der Waals surface area contributed by atoms with E-state index >= 15 is 0 Å². The summed E-state index contributed by atoms with van der Waals surface area (Å²) < 4.78 is 0. The molecule has 0 spiro atoms. The summed E-state index contributed by atoms with van der Waals surface area (Å²) in [7, 11) is 1.93. The maximum atomic E-state index is 6.11. The van der Waals surface area contributed by atoms with Crippen molar-refractivity contribution in [3.8, 4) is 0 Å². The molecular weight excluding hydrogens is 262 g/mol. The molecule has 100 valence electrons. The molecule has 0 unspecified atom stereocenters. The van der Waals surface area contributed by atoms with Crippen molar-refractivity contribution in [1.82, 2.24) is 9.97 Å². The molecule has 1 heterocycles. The Hall–Kier alpha value is -1.85. The molecule has 5 nitrogen and oxygen atoms in total. The molecule has 0 saturated carbocycles. The number of rotatable bonds is 4. The van der Waals surface area contributed by atoms with Gasteiger partial charge in [-0.1, -0.05) is 41.4 Å². The van der Waals surface area contributed by atoms with E-state index in [1.54, 1.807) is 0 Å². The van der Waals surface area contributed by atoms with Crippen molar-refractivity contribution >= 4 is 23.4 Å². The van der Waals surface area contributed by atoms with Crippen molar-refractivity contribution in [2.75, 3.05) is 17.4 Å². The number of aromatic nitrogens is 2. The van der Waals surface area contributed by atoms with Gasteiger partial charge in [-0.3, -0.25) is 5.43 Å². The highest BCUT2D eigenvalue weighted by atomic mass is 35.5. The van der Waals surface area contributed by atoms with Gasteiger partial charge in [0.1, 0.15) is 5.02 Å². The second kappa shape index (κ2) is 5.86. The third-order valence-electron chi connectivity index (χ3n) is 2.72. The largest absolute Gasteiger partial charge is 0.354 e. The summed E-state index contributed by atoms with van der Waals surface area (Å²) in [6, 6.07) is 8.30. The van der Waals surface area contributed by atoms with Gasteiger partial charge in [0.2, 0.25) is 5.95 Å². The van der Waals surface area contributed by atoms with Gasteiger partial charge < -0.3 is 4.90 Å². The second-order valence-corrected chi connectivity index (χ2v) is 4.76. The van der Waals surface area contributed by atoms with Crippen molar-refractivity contribution in [3.63, 3.8) is 0 Å². The van der Waals surface area contributed by atoms with Crippen molar-refractivity contribution in [3.05, 3.63) is 46.6 Å². The van der Waals surface area contributed by atoms with Gasteiger partial charge in [-0.2, -0.15) is 4.98 Å². The Bertz CT molecular complexity index is 573. The minimum atomic E-state index is 0.343. The van der Waals surface area contributed by atoms with E-state index in [9.17, 15) is 0 Å². The minimum Gasteiger partial charge on any atom is -0.354 e. The topological polar surface area (TPSA) is 67.1 Å². The molecule has 3 N–H and O–H groups in total. The average Bonchev–Trinajstić information content (AvgIpc) is 2.39. The van der Waals surface area contributed by atoms with Gasteiger partial charge in [-0.15, -0.1) is 0 Å². The van der Waals surface area contributed by atoms with E-state index in [4.69, 9.17) is 17.4 Å². The number of halogens is 1. The highest BCUT2D eigenvalue weighted by molar-refractivity contribution is 6.32. The Morgan fingerprint density at radius 3 is 2.89 bits per heavy atom. The maximum absolute atomic E-state index is 6.11. The molecule has 0 fully saturated rings. The molecule has 0 aliphatic rings. The van der Waals surface area contributed by atoms with Gasteiger partial charge in [0, 0.05) is 13.6 Å². The van der Waals surface area contributed by atoms with Crippen LogP contribution in [0.4, 0.5) is 11.8 Å². The third kappa shape index (κ3) is 3.33. The summed E-state index contributed by atoms with van der Waals surface area (Å²) in [5, 5.41) is 0.495. The Balaban J connectivity index is 2.22. The zero-order chi connectivity index (χ0) is 13.8. The Kier molecular flexibility index (Phi) is 4.19. The first-order chi connectivity index (χ1) is 9.10. The van der Waals surface area contributed by atoms with E-state index in [2.05, 4.69) is 40.5 Å². The average molecular weight is 278 g/mol. The maximum Gasteiger partial charge on any atom is 0.239 e.